The second kappa shape index (κ2) is 49.4. The van der Waals surface area contributed by atoms with Crippen molar-refractivity contribution in [3.63, 3.8) is 0 Å². The number of carbonyl (C=O) groups is 14. The minimum atomic E-state index is -1.73. The van der Waals surface area contributed by atoms with Crippen LogP contribution in [0.2, 0.25) is 0 Å². The molecule has 0 fully saturated rings. The molecule has 0 aliphatic heterocycles. The van der Waals surface area contributed by atoms with Crippen LogP contribution in [0.5, 0.6) is 0 Å². The van der Waals surface area contributed by atoms with E-state index in [0.717, 1.165) is 0 Å². The van der Waals surface area contributed by atoms with Crippen molar-refractivity contribution in [1.29, 1.82) is 32.5 Å². The molecule has 2 aromatic heterocycles. The molecule has 0 saturated carbocycles. The van der Waals surface area contributed by atoms with Crippen LogP contribution < -0.4 is 147 Å². The number of amides is 14. The van der Waals surface area contributed by atoms with Crippen LogP contribution in [0.15, 0.2) is 43.0 Å². The van der Waals surface area contributed by atoms with Crippen molar-refractivity contribution >= 4 is 129 Å². The molecule has 670 valence electrons. The molecule has 0 spiro atoms. The van der Waals surface area contributed by atoms with Crippen LogP contribution in [-0.4, -0.2) is 257 Å². The summed E-state index contributed by atoms with van der Waals surface area (Å²) < 4.78 is 0. The Hall–Kier alpha value is -13.9. The summed E-state index contributed by atoms with van der Waals surface area (Å²) in [5.74, 6) is -21.5. The Balaban J connectivity index is 1.97. The second-order valence-electron chi connectivity index (χ2n) is 29.7. The molecule has 3 rings (SSSR count). The number of hydrogen-bond acceptors (Lipinski definition) is 22. The van der Waals surface area contributed by atoms with E-state index in [1.54, 1.807) is 85.9 Å². The third-order valence-corrected chi connectivity index (χ3v) is 18.9. The summed E-state index contributed by atoms with van der Waals surface area (Å²) in [5.41, 5.74) is 46.3. The number of fused-ring (bicyclic) bond motifs is 1. The number of aromatic amines is 2. The molecule has 0 unspecified atom stereocenters. The zero-order valence-corrected chi connectivity index (χ0v) is 69.4. The maximum absolute atomic E-state index is 14.9. The molecule has 0 bridgehead atoms. The van der Waals surface area contributed by atoms with Crippen molar-refractivity contribution in [3.8, 4) is 0 Å². The molecule has 0 aliphatic carbocycles. The number of para-hydroxylation sites is 1. The molecule has 0 saturated heterocycles. The fourth-order valence-corrected chi connectivity index (χ4v) is 11.5. The zero-order chi connectivity index (χ0) is 91.4. The lowest BCUT2D eigenvalue weighted by atomic mass is 9.95. The van der Waals surface area contributed by atoms with Crippen LogP contribution in [0.3, 0.4) is 0 Å². The highest BCUT2D eigenvalue weighted by molar-refractivity contribution is 6.02. The van der Waals surface area contributed by atoms with Gasteiger partial charge in [-0.2, -0.15) is 0 Å². The zero-order valence-electron chi connectivity index (χ0n) is 69.4. The maximum Gasteiger partial charge on any atom is 0.245 e. The number of aromatic nitrogens is 3. The number of imidazole rings is 1. The van der Waals surface area contributed by atoms with Crippen molar-refractivity contribution in [3.05, 3.63) is 54.2 Å². The van der Waals surface area contributed by atoms with Crippen LogP contribution in [0.4, 0.5) is 0 Å². The fraction of sp³-hybridized carbons (Fsp3) is 0.563. The Kier molecular flexibility index (Phi) is 41.3. The Labute approximate surface area is 697 Å². The number of benzene rings is 1. The number of nitrogens with two attached hydrogens (primary N) is 8. The van der Waals surface area contributed by atoms with Gasteiger partial charge in [-0.3, -0.25) is 99.6 Å². The molecule has 16 atom stereocenters. The summed E-state index contributed by atoms with van der Waals surface area (Å²) in [4.78, 5) is 208. The van der Waals surface area contributed by atoms with Crippen molar-refractivity contribution in [2.45, 2.75) is 186 Å². The summed E-state index contributed by atoms with van der Waals surface area (Å²) in [5, 5.41) is 95.1. The number of hydrogen-bond donors (Lipinski definition) is 35. The molecule has 2 heterocycles. The minimum absolute atomic E-state index is 0.149. The van der Waals surface area contributed by atoms with E-state index >= 15 is 0 Å². The van der Waals surface area contributed by atoms with Gasteiger partial charge in [0.2, 0.25) is 82.7 Å². The van der Waals surface area contributed by atoms with Gasteiger partial charge in [-0.05, 0) is 48.1 Å². The second-order valence-corrected chi connectivity index (χ2v) is 29.7. The van der Waals surface area contributed by atoms with Gasteiger partial charge in [0.1, 0.15) is 78.5 Å². The van der Waals surface area contributed by atoms with Gasteiger partial charge in [0.15, 0.2) is 35.8 Å². The average molecular weight is 1700 g/mol. The largest absolute Gasteiger partial charge is 0.370 e. The van der Waals surface area contributed by atoms with Crippen molar-refractivity contribution < 1.29 is 67.1 Å². The predicted octanol–water partition coefficient (Wildman–Crippen LogP) is -11.2. The van der Waals surface area contributed by atoms with Crippen LogP contribution in [0, 0.1) is 62.0 Å². The highest BCUT2D eigenvalue weighted by Crippen LogP contribution is 2.21. The van der Waals surface area contributed by atoms with E-state index in [1.165, 1.54) is 33.3 Å². The van der Waals surface area contributed by atoms with Gasteiger partial charge >= 0.3 is 0 Å². The number of nitrogens with one attached hydrogen (secondary N) is 27. The summed E-state index contributed by atoms with van der Waals surface area (Å²) in [6, 6.07) is -14.6. The monoisotopic (exact) mass is 1700 g/mol. The van der Waals surface area contributed by atoms with E-state index in [-0.39, 0.29) is 25.7 Å². The number of nitrogens with zero attached hydrogens (tertiary/aromatic N) is 1. The van der Waals surface area contributed by atoms with E-state index in [0.29, 0.717) is 22.2 Å². The Bertz CT molecular complexity index is 4150. The molecule has 50 heteroatoms. The third-order valence-electron chi connectivity index (χ3n) is 18.9. The van der Waals surface area contributed by atoms with E-state index in [4.69, 9.17) is 78.3 Å². The molecule has 3 aromatic rings. The first-order valence-electron chi connectivity index (χ1n) is 38.7. The molecule has 0 radical (unpaired) electrons. The van der Waals surface area contributed by atoms with Gasteiger partial charge in [-0.1, -0.05) is 100 Å². The lowest BCUT2D eigenvalue weighted by Crippen LogP contribution is -2.65. The fourth-order valence-electron chi connectivity index (χ4n) is 11.5. The number of primary amides is 1. The van der Waals surface area contributed by atoms with Crippen LogP contribution in [0.1, 0.15) is 100 Å². The van der Waals surface area contributed by atoms with E-state index in [1.807, 2.05) is 0 Å². The number of H-pyrrole nitrogens is 2. The van der Waals surface area contributed by atoms with E-state index in [9.17, 15) is 67.1 Å². The highest BCUT2D eigenvalue weighted by atomic mass is 16.2. The minimum Gasteiger partial charge on any atom is -0.370 e. The first kappa shape index (κ1) is 101. The highest BCUT2D eigenvalue weighted by Gasteiger charge is 2.41. The Morgan fingerprint density at radius 1 is 0.347 bits per heavy atom. The van der Waals surface area contributed by atoms with Gasteiger partial charge in [0, 0.05) is 81.1 Å². The molecule has 1 aromatic carbocycles. The number of carbonyl (C=O) groups excluding carboxylic acids is 14. The smallest absolute Gasteiger partial charge is 0.245 e. The quantitative estimate of drug-likeness (QED) is 0.0184. The first-order chi connectivity index (χ1) is 56.7. The van der Waals surface area contributed by atoms with Crippen LogP contribution in [-0.2, 0) is 80.0 Å². The van der Waals surface area contributed by atoms with E-state index in [2.05, 4.69) is 116 Å². The molecule has 121 heavy (non-hydrogen) atoms. The lowest BCUT2D eigenvalue weighted by Gasteiger charge is -2.32. The topological polar surface area (TPSA) is 863 Å². The van der Waals surface area contributed by atoms with Gasteiger partial charge in [0.05, 0.1) is 12.4 Å². The first-order valence-corrected chi connectivity index (χ1v) is 38.7. The molecule has 0 aliphatic rings. The van der Waals surface area contributed by atoms with Crippen molar-refractivity contribution in [2.75, 3.05) is 39.3 Å². The maximum atomic E-state index is 14.9. The summed E-state index contributed by atoms with van der Waals surface area (Å²) in [6.45, 7) is 13.9. The standard InChI is InChI=1S/C71H122N36O14/c1-12-32(9)50(64(120)102-46(27-93-71(84)85)59(115)103-47(29(3)4)61(117)101-44(25-91-69(80)81)58(114)99-42(23-89-67(76)77)55(111)95-39(52(73)108)19-36-21-86-28-94-36)107-63(119)49(31(7)8)104-62(118)48(30(5)6)105-65(121)51(33(10)13-2)106-60(116)45(26-92-70(82)83)98-54(110)40(18-35-20-87-38-17-15-14-16-37(35)38)96-56(112)43(24-90-68(78)79)100-57(113)41(22-88-66(74)75)97-53(109)34(11)72/h14-17,20-21,28-34,39-51,87H,12-13,18-19,22-27,72H2,1-11H3,(H2,73,108)(H,86,94)(H,95,111)(H,96,112)(H,97,109)(H,98,110)(H,99,114)(H,100,113)(H,101,117)(H,102,120)(H,103,115)(H,104,118)(H,105,121)(H,106,116)(H,107,119)(H4,74,75,88)(H4,76,77,89)(H4,78,79,90)(H4,80,81,91)(H4,82,83,92)(H4,84,85,93)/t32-,33-,34+,39+,40-,41-,42-,43-,44-,45-,46-,47-,48-,49-,50-,51-/m0/s1. The van der Waals surface area contributed by atoms with E-state index < -0.39 is 272 Å². The Morgan fingerprint density at radius 2 is 0.620 bits per heavy atom. The SMILES string of the molecule is CC[C@H](C)[C@H](NC(=O)[C@H](CNC(=N)N)NC(=O)[C@H](Cc1c[nH]c2ccccc12)NC(=O)[C@H](CNC(=N)N)NC(=O)[C@H](CNC(=N)N)NC(=O)[C@@H](C)N)C(=O)N[C@H](C(=O)N[C@H](C(=O)N[C@H](C(=O)N[C@@H](CNC(=N)N)C(=O)N[C@H](C(=O)N[C@@H](CNC(=N)N)C(=O)N[C@@H](CNC(=N)N)C(=O)N[C@H](Cc1cnc[nH]1)C(N)=O)C(C)C)[C@@H](C)CC)C(C)C)C(C)C. The summed E-state index contributed by atoms with van der Waals surface area (Å²) >= 11 is 0. The van der Waals surface area contributed by atoms with Gasteiger partial charge in [-0.25, -0.2) is 4.98 Å². The average Bonchev–Trinajstić information content (AvgIpc) is 1.67. The summed E-state index contributed by atoms with van der Waals surface area (Å²) in [7, 11) is 0. The Morgan fingerprint density at radius 3 is 0.942 bits per heavy atom. The van der Waals surface area contributed by atoms with Gasteiger partial charge < -0.3 is 157 Å². The number of guanidine groups is 6. The summed E-state index contributed by atoms with van der Waals surface area (Å²) in [6.07, 6.45) is 4.26. The molecule has 50 nitrogen and oxygen atoms in total. The van der Waals surface area contributed by atoms with Crippen molar-refractivity contribution in [1.82, 2.24) is 116 Å². The van der Waals surface area contributed by atoms with Crippen LogP contribution in [0.25, 0.3) is 10.9 Å². The normalized spacial score (nSPS) is 15.0. The van der Waals surface area contributed by atoms with Gasteiger partial charge in [0.25, 0.3) is 0 Å². The van der Waals surface area contributed by atoms with Crippen LogP contribution >= 0.6 is 0 Å². The molecule has 43 N–H and O–H groups in total. The van der Waals surface area contributed by atoms with Crippen molar-refractivity contribution in [2.24, 2.45) is 75.5 Å². The molecule has 14 amide bonds. The van der Waals surface area contributed by atoms with Gasteiger partial charge in [-0.15, -0.1) is 0 Å². The predicted molar refractivity (Wildman–Crippen MR) is 445 cm³/mol. The lowest BCUT2D eigenvalue weighted by molar-refractivity contribution is -0.137. The number of rotatable bonds is 50. The third kappa shape index (κ3) is 34.3. The molecular formula is C71H122N36O14. The molecular weight excluding hydrogens is 1580 g/mol.